The molecule has 20 heavy (non-hydrogen) atoms. The van der Waals surface area contributed by atoms with E-state index in [1.807, 2.05) is 20.8 Å². The summed E-state index contributed by atoms with van der Waals surface area (Å²) in [5.41, 5.74) is 1.02. The molecule has 1 saturated heterocycles. The van der Waals surface area contributed by atoms with Gasteiger partial charge in [-0.1, -0.05) is 13.3 Å². The van der Waals surface area contributed by atoms with E-state index in [0.29, 0.717) is 25.9 Å². The number of carbonyl (C=O) groups is 2. The van der Waals surface area contributed by atoms with Crippen molar-refractivity contribution in [3.8, 4) is 0 Å². The van der Waals surface area contributed by atoms with Gasteiger partial charge in [0, 0.05) is 17.8 Å². The molecule has 2 heterocycles. The van der Waals surface area contributed by atoms with Gasteiger partial charge in [-0.15, -0.1) is 11.3 Å². The Morgan fingerprint density at radius 2 is 2.15 bits per heavy atom. The van der Waals surface area contributed by atoms with Gasteiger partial charge in [-0.25, -0.2) is 4.98 Å². The molecule has 0 bridgehead atoms. The van der Waals surface area contributed by atoms with Gasteiger partial charge in [0.25, 0.3) is 0 Å². The molecule has 0 aliphatic carbocycles. The highest BCUT2D eigenvalue weighted by molar-refractivity contribution is 7.11. The number of aryl methyl sites for hydroxylation is 2. The minimum Gasteiger partial charge on any atom is -0.344 e. The van der Waals surface area contributed by atoms with Gasteiger partial charge in [0.05, 0.1) is 12.2 Å². The zero-order valence-electron chi connectivity index (χ0n) is 12.2. The van der Waals surface area contributed by atoms with Crippen LogP contribution < -0.4 is 5.32 Å². The number of aromatic nitrogens is 1. The lowest BCUT2D eigenvalue weighted by atomic mass is 10.1. The first-order valence-corrected chi connectivity index (χ1v) is 7.84. The molecule has 1 N–H and O–H groups in total. The van der Waals surface area contributed by atoms with E-state index in [1.54, 1.807) is 16.2 Å². The van der Waals surface area contributed by atoms with Crippen molar-refractivity contribution in [3.05, 3.63) is 15.6 Å². The van der Waals surface area contributed by atoms with Crippen LogP contribution in [0.2, 0.25) is 0 Å². The van der Waals surface area contributed by atoms with Crippen molar-refractivity contribution >= 4 is 23.2 Å². The fourth-order valence-corrected chi connectivity index (χ4v) is 3.26. The van der Waals surface area contributed by atoms with E-state index in [9.17, 15) is 9.59 Å². The molecule has 0 saturated carbocycles. The quantitative estimate of drug-likeness (QED) is 0.921. The van der Waals surface area contributed by atoms with E-state index in [0.717, 1.165) is 17.1 Å². The standard InChI is InChI=1S/C14H21N3O2S/c1-4-5-11-14(19)17(7-6-12(18)16-11)8-13-15-9(2)10(3)20-13/h11H,4-8H2,1-3H3,(H,16,18). The molecule has 0 spiro atoms. The Balaban J connectivity index is 2.12. The largest absolute Gasteiger partial charge is 0.344 e. The second kappa shape index (κ2) is 6.35. The number of thiazole rings is 1. The Bertz CT molecular complexity index is 493. The Labute approximate surface area is 123 Å². The predicted molar refractivity (Wildman–Crippen MR) is 78.5 cm³/mol. The van der Waals surface area contributed by atoms with Crippen LogP contribution in [0.15, 0.2) is 0 Å². The van der Waals surface area contributed by atoms with Gasteiger partial charge in [0.15, 0.2) is 0 Å². The highest BCUT2D eigenvalue weighted by Gasteiger charge is 2.29. The van der Waals surface area contributed by atoms with Crippen molar-refractivity contribution < 1.29 is 9.59 Å². The third-order valence-corrected chi connectivity index (χ3v) is 4.59. The highest BCUT2D eigenvalue weighted by Crippen LogP contribution is 2.19. The molecule has 0 radical (unpaired) electrons. The van der Waals surface area contributed by atoms with Gasteiger partial charge >= 0.3 is 0 Å². The molecule has 1 aromatic heterocycles. The molecule has 2 amide bonds. The van der Waals surface area contributed by atoms with Crippen molar-refractivity contribution in [2.75, 3.05) is 6.54 Å². The second-order valence-corrected chi connectivity index (χ2v) is 6.46. The van der Waals surface area contributed by atoms with Gasteiger partial charge < -0.3 is 10.2 Å². The Morgan fingerprint density at radius 1 is 1.40 bits per heavy atom. The van der Waals surface area contributed by atoms with Crippen LogP contribution in [0.4, 0.5) is 0 Å². The van der Waals surface area contributed by atoms with E-state index in [4.69, 9.17) is 0 Å². The third kappa shape index (κ3) is 3.36. The number of nitrogens with zero attached hydrogens (tertiary/aromatic N) is 2. The molecule has 6 heteroatoms. The van der Waals surface area contributed by atoms with Crippen LogP contribution in [0.25, 0.3) is 0 Å². The van der Waals surface area contributed by atoms with E-state index in [2.05, 4.69) is 10.3 Å². The minimum absolute atomic E-state index is 0.0169. The van der Waals surface area contributed by atoms with Gasteiger partial charge in [0.1, 0.15) is 11.0 Å². The lowest BCUT2D eigenvalue weighted by molar-refractivity contribution is -0.134. The van der Waals surface area contributed by atoms with Crippen molar-refractivity contribution in [1.82, 2.24) is 15.2 Å². The summed E-state index contributed by atoms with van der Waals surface area (Å²) in [5, 5.41) is 3.76. The summed E-state index contributed by atoms with van der Waals surface area (Å²) in [6.07, 6.45) is 1.94. The van der Waals surface area contributed by atoms with Crippen LogP contribution >= 0.6 is 11.3 Å². The Morgan fingerprint density at radius 3 is 2.75 bits per heavy atom. The van der Waals surface area contributed by atoms with E-state index in [-0.39, 0.29) is 17.9 Å². The lowest BCUT2D eigenvalue weighted by Gasteiger charge is -2.22. The molecule has 5 nitrogen and oxygen atoms in total. The van der Waals surface area contributed by atoms with Gasteiger partial charge in [-0.05, 0) is 20.3 Å². The van der Waals surface area contributed by atoms with Crippen LogP contribution in [0.1, 0.15) is 41.8 Å². The maximum absolute atomic E-state index is 12.5. The summed E-state index contributed by atoms with van der Waals surface area (Å²) in [4.78, 5) is 31.6. The first-order valence-electron chi connectivity index (χ1n) is 7.02. The molecule has 1 atom stereocenters. The smallest absolute Gasteiger partial charge is 0.245 e. The summed E-state index contributed by atoms with van der Waals surface area (Å²) in [6, 6.07) is -0.378. The zero-order chi connectivity index (χ0) is 14.7. The molecule has 1 unspecified atom stereocenters. The van der Waals surface area contributed by atoms with Crippen LogP contribution in [0, 0.1) is 13.8 Å². The molecule has 1 aliphatic rings. The highest BCUT2D eigenvalue weighted by atomic mass is 32.1. The molecular formula is C14H21N3O2S. The molecule has 110 valence electrons. The Kier molecular flexibility index (Phi) is 4.75. The molecule has 0 aromatic carbocycles. The molecule has 1 aromatic rings. The van der Waals surface area contributed by atoms with Crippen LogP contribution in [0.5, 0.6) is 0 Å². The van der Waals surface area contributed by atoms with Gasteiger partial charge in [0.2, 0.25) is 11.8 Å². The number of nitrogens with one attached hydrogen (secondary N) is 1. The van der Waals surface area contributed by atoms with Gasteiger partial charge in [-0.3, -0.25) is 9.59 Å². The van der Waals surface area contributed by atoms with Crippen molar-refractivity contribution in [2.45, 2.75) is 52.6 Å². The van der Waals surface area contributed by atoms with Crippen LogP contribution in [-0.2, 0) is 16.1 Å². The van der Waals surface area contributed by atoms with E-state index >= 15 is 0 Å². The number of hydrogen-bond acceptors (Lipinski definition) is 4. The summed E-state index contributed by atoms with van der Waals surface area (Å²) in [5.74, 6) is -0.0194. The van der Waals surface area contributed by atoms with Gasteiger partial charge in [-0.2, -0.15) is 0 Å². The fourth-order valence-electron chi connectivity index (χ4n) is 2.31. The fraction of sp³-hybridized carbons (Fsp3) is 0.643. The summed E-state index contributed by atoms with van der Waals surface area (Å²) in [6.45, 7) is 7.01. The molecular weight excluding hydrogens is 274 g/mol. The summed E-state index contributed by atoms with van der Waals surface area (Å²) < 4.78 is 0. The zero-order valence-corrected chi connectivity index (χ0v) is 13.0. The number of rotatable bonds is 4. The molecule has 1 aliphatic heterocycles. The maximum Gasteiger partial charge on any atom is 0.245 e. The number of hydrogen-bond donors (Lipinski definition) is 1. The minimum atomic E-state index is -0.378. The number of amides is 2. The average Bonchev–Trinajstić information content (AvgIpc) is 2.65. The van der Waals surface area contributed by atoms with Crippen molar-refractivity contribution in [2.24, 2.45) is 0 Å². The Hall–Kier alpha value is -1.43. The van der Waals surface area contributed by atoms with E-state index in [1.165, 1.54) is 4.88 Å². The normalized spacial score (nSPS) is 19.9. The third-order valence-electron chi connectivity index (χ3n) is 3.53. The maximum atomic E-state index is 12.5. The van der Waals surface area contributed by atoms with Crippen LogP contribution in [-0.4, -0.2) is 34.3 Å². The first kappa shape index (κ1) is 15.0. The average molecular weight is 295 g/mol. The van der Waals surface area contributed by atoms with Crippen molar-refractivity contribution in [1.29, 1.82) is 0 Å². The summed E-state index contributed by atoms with van der Waals surface area (Å²) in [7, 11) is 0. The SMILES string of the molecule is CCCC1NC(=O)CCN(Cc2nc(C)c(C)s2)C1=O. The second-order valence-electron chi connectivity index (χ2n) is 5.17. The lowest BCUT2D eigenvalue weighted by Crippen LogP contribution is -2.44. The molecule has 2 rings (SSSR count). The topological polar surface area (TPSA) is 62.3 Å². The predicted octanol–water partition coefficient (Wildman–Crippen LogP) is 1.78. The molecule has 1 fully saturated rings. The van der Waals surface area contributed by atoms with E-state index < -0.39 is 0 Å². The number of carbonyl (C=O) groups excluding carboxylic acids is 2. The summed E-state index contributed by atoms with van der Waals surface area (Å²) >= 11 is 1.62. The first-order chi connectivity index (χ1) is 9.51. The van der Waals surface area contributed by atoms with Crippen molar-refractivity contribution in [3.63, 3.8) is 0 Å². The van der Waals surface area contributed by atoms with Crippen LogP contribution in [0.3, 0.4) is 0 Å². The monoisotopic (exact) mass is 295 g/mol.